The summed E-state index contributed by atoms with van der Waals surface area (Å²) in [6.45, 7) is 6.29. The van der Waals surface area contributed by atoms with Gasteiger partial charge in [-0.2, -0.15) is 0 Å². The van der Waals surface area contributed by atoms with Crippen molar-refractivity contribution in [2.75, 3.05) is 27.7 Å². The number of imidazole rings is 1. The average molecular weight is 540 g/mol. The van der Waals surface area contributed by atoms with Crippen LogP contribution in [0, 0.1) is 13.8 Å². The Morgan fingerprint density at radius 3 is 2.42 bits per heavy atom. The van der Waals surface area contributed by atoms with Crippen molar-refractivity contribution in [2.24, 2.45) is 0 Å². The Balaban J connectivity index is 0.000000194. The van der Waals surface area contributed by atoms with E-state index in [0.29, 0.717) is 13.0 Å². The van der Waals surface area contributed by atoms with Gasteiger partial charge in [0.15, 0.2) is 0 Å². The van der Waals surface area contributed by atoms with Crippen LogP contribution >= 0.6 is 0 Å². The molecule has 3 heterocycles. The molecule has 0 aliphatic rings. The van der Waals surface area contributed by atoms with Crippen LogP contribution in [0.15, 0.2) is 67.0 Å². The number of nitrogens with one attached hydrogen (secondary N) is 2. The monoisotopic (exact) mass is 539 g/mol. The molecule has 0 radical (unpaired) electrons. The van der Waals surface area contributed by atoms with Crippen LogP contribution in [0.25, 0.3) is 27.8 Å². The van der Waals surface area contributed by atoms with Gasteiger partial charge in [0.2, 0.25) is 11.8 Å². The highest BCUT2D eigenvalue weighted by Gasteiger charge is 2.18. The van der Waals surface area contributed by atoms with E-state index in [1.807, 2.05) is 54.0 Å². The van der Waals surface area contributed by atoms with E-state index in [1.54, 1.807) is 26.1 Å². The van der Waals surface area contributed by atoms with Crippen LogP contribution in [0.2, 0.25) is 0 Å². The third-order valence-corrected chi connectivity index (χ3v) is 6.75. The first-order valence-corrected chi connectivity index (χ1v) is 13.3. The molecule has 0 atom stereocenters. The normalized spacial score (nSPS) is 10.8. The van der Waals surface area contributed by atoms with Crippen molar-refractivity contribution in [2.45, 2.75) is 33.6 Å². The Hall–Kier alpha value is -4.59. The van der Waals surface area contributed by atoms with Gasteiger partial charge < -0.3 is 24.3 Å². The number of amides is 2. The molecule has 0 saturated carbocycles. The van der Waals surface area contributed by atoms with Crippen molar-refractivity contribution in [3.63, 3.8) is 0 Å². The van der Waals surface area contributed by atoms with Gasteiger partial charge in [-0.25, -0.2) is 4.98 Å². The number of fused-ring (bicyclic) bond motifs is 2. The van der Waals surface area contributed by atoms with Crippen LogP contribution in [-0.2, 0) is 22.4 Å². The van der Waals surface area contributed by atoms with E-state index in [2.05, 4.69) is 41.5 Å². The van der Waals surface area contributed by atoms with Gasteiger partial charge >= 0.3 is 0 Å². The third-order valence-electron chi connectivity index (χ3n) is 6.75. The molecule has 0 bridgehead atoms. The number of aromatic amines is 1. The smallest absolute Gasteiger partial charge is 0.228 e. The first-order valence-electron chi connectivity index (χ1n) is 13.3. The summed E-state index contributed by atoms with van der Waals surface area (Å²) in [5.41, 5.74) is 8.35. The molecule has 0 aliphatic heterocycles. The van der Waals surface area contributed by atoms with Crippen molar-refractivity contribution in [3.05, 3.63) is 89.4 Å². The van der Waals surface area contributed by atoms with Crippen molar-refractivity contribution in [3.8, 4) is 17.0 Å². The number of hydrogen-bond donors (Lipinski definition) is 2. The zero-order chi connectivity index (χ0) is 28.8. The topological polar surface area (TPSA) is 91.7 Å². The first kappa shape index (κ1) is 28.4. The number of aryl methyl sites for hydroxylation is 2. The molecule has 0 unspecified atom stereocenters. The van der Waals surface area contributed by atoms with E-state index in [-0.39, 0.29) is 11.8 Å². The summed E-state index contributed by atoms with van der Waals surface area (Å²) >= 11 is 0. The second-order valence-corrected chi connectivity index (χ2v) is 10.1. The number of H-pyrrole nitrogens is 1. The molecule has 8 nitrogen and oxygen atoms in total. The van der Waals surface area contributed by atoms with Gasteiger partial charge in [0.25, 0.3) is 0 Å². The van der Waals surface area contributed by atoms with Crippen LogP contribution in [0.5, 0.6) is 5.75 Å². The molecule has 40 heavy (non-hydrogen) atoms. The van der Waals surface area contributed by atoms with Crippen LogP contribution < -0.4 is 10.1 Å². The van der Waals surface area contributed by atoms with Crippen LogP contribution in [0.1, 0.15) is 29.3 Å². The minimum Gasteiger partial charge on any atom is -0.497 e. The number of carbonyl (C=O) groups is 2. The lowest BCUT2D eigenvalue weighted by Crippen LogP contribution is -2.24. The Bertz CT molecular complexity index is 1630. The van der Waals surface area contributed by atoms with Crippen LogP contribution in [-0.4, -0.2) is 58.8 Å². The number of likely N-dealkylation sites (N-methyl/N-ethyl adjacent to an activating group) is 1. The number of hydrogen-bond acceptors (Lipinski definition) is 4. The lowest BCUT2D eigenvalue weighted by molar-refractivity contribution is -0.128. The highest BCUT2D eigenvalue weighted by Crippen LogP contribution is 2.26. The molecule has 208 valence electrons. The number of methoxy groups -OCH3 is 1. The lowest BCUT2D eigenvalue weighted by Gasteiger charge is -2.11. The van der Waals surface area contributed by atoms with Gasteiger partial charge in [-0.15, -0.1) is 0 Å². The minimum atomic E-state index is 0.00224. The van der Waals surface area contributed by atoms with Gasteiger partial charge in [-0.3, -0.25) is 9.59 Å². The highest BCUT2D eigenvalue weighted by molar-refractivity contribution is 5.85. The molecule has 8 heteroatoms. The van der Waals surface area contributed by atoms with E-state index in [0.717, 1.165) is 51.2 Å². The van der Waals surface area contributed by atoms with Crippen LogP contribution in [0.3, 0.4) is 0 Å². The molecule has 0 saturated heterocycles. The summed E-state index contributed by atoms with van der Waals surface area (Å²) in [5.74, 6) is 0.918. The van der Waals surface area contributed by atoms with E-state index >= 15 is 0 Å². The molecule has 5 aromatic rings. The number of aromatic nitrogens is 3. The Labute approximate surface area is 235 Å². The number of rotatable bonds is 7. The fourth-order valence-corrected chi connectivity index (χ4v) is 4.48. The predicted octanol–water partition coefficient (Wildman–Crippen LogP) is 5.10. The Morgan fingerprint density at radius 1 is 1.02 bits per heavy atom. The molecular weight excluding hydrogens is 502 g/mol. The number of nitrogens with zero attached hydrogens (tertiary/aromatic N) is 3. The molecule has 2 aromatic carbocycles. The van der Waals surface area contributed by atoms with E-state index < -0.39 is 0 Å². The molecule has 5 rings (SSSR count). The van der Waals surface area contributed by atoms with Crippen molar-refractivity contribution < 1.29 is 14.3 Å². The maximum Gasteiger partial charge on any atom is 0.228 e. The molecular formula is C32H37N5O3. The summed E-state index contributed by atoms with van der Waals surface area (Å²) < 4.78 is 7.24. The fraction of sp³-hybridized carbons (Fsp3) is 0.281. The standard InChI is InChI=1S/C19H21N3O.C13H16N2O2/c1-13-5-8-15(9-6-13)19-16(11-18(23)21(3)4)22-12-14(2)7-10-17(22)20-19;1-9(16)14-6-5-10-8-15-13-4-3-11(17-2)7-12(10)13/h5-10,12H,11H2,1-4H3;3-4,7-8,15H,5-6H2,1-2H3,(H,14,16). The Morgan fingerprint density at radius 2 is 1.75 bits per heavy atom. The van der Waals surface area contributed by atoms with Gasteiger partial charge in [0.1, 0.15) is 11.4 Å². The lowest BCUT2D eigenvalue weighted by atomic mass is 10.1. The average Bonchev–Trinajstić information content (AvgIpc) is 3.50. The second kappa shape index (κ2) is 12.5. The van der Waals surface area contributed by atoms with Crippen molar-refractivity contribution >= 4 is 28.4 Å². The second-order valence-electron chi connectivity index (χ2n) is 10.1. The summed E-state index contributed by atoms with van der Waals surface area (Å²) in [4.78, 5) is 32.6. The molecule has 2 N–H and O–H groups in total. The molecule has 3 aromatic heterocycles. The van der Waals surface area contributed by atoms with Gasteiger partial charge in [0.05, 0.1) is 24.9 Å². The van der Waals surface area contributed by atoms with Crippen LogP contribution in [0.4, 0.5) is 0 Å². The number of pyridine rings is 1. The summed E-state index contributed by atoms with van der Waals surface area (Å²) in [6, 6.07) is 18.2. The van der Waals surface area contributed by atoms with Crippen molar-refractivity contribution in [1.29, 1.82) is 0 Å². The SMILES string of the molecule is COc1ccc2[nH]cc(CCNC(C)=O)c2c1.Cc1ccc(-c2nc3ccc(C)cn3c2CC(=O)N(C)C)cc1. The molecule has 2 amide bonds. The maximum absolute atomic E-state index is 12.3. The zero-order valence-corrected chi connectivity index (χ0v) is 24.0. The molecule has 0 aliphatic carbocycles. The van der Waals surface area contributed by atoms with Gasteiger partial charge in [0, 0.05) is 56.4 Å². The first-order chi connectivity index (χ1) is 19.2. The van der Waals surface area contributed by atoms with Gasteiger partial charge in [-0.1, -0.05) is 35.9 Å². The minimum absolute atomic E-state index is 0.00224. The summed E-state index contributed by atoms with van der Waals surface area (Å²) in [7, 11) is 5.22. The largest absolute Gasteiger partial charge is 0.497 e. The fourth-order valence-electron chi connectivity index (χ4n) is 4.48. The summed E-state index contributed by atoms with van der Waals surface area (Å²) in [6.07, 6.45) is 5.16. The predicted molar refractivity (Wildman–Crippen MR) is 160 cm³/mol. The van der Waals surface area contributed by atoms with E-state index in [1.165, 1.54) is 18.1 Å². The van der Waals surface area contributed by atoms with E-state index in [9.17, 15) is 9.59 Å². The Kier molecular flexibility index (Phi) is 8.89. The highest BCUT2D eigenvalue weighted by atomic mass is 16.5. The maximum atomic E-state index is 12.3. The third kappa shape index (κ3) is 6.69. The van der Waals surface area contributed by atoms with Crippen molar-refractivity contribution in [1.82, 2.24) is 24.6 Å². The molecule has 0 fully saturated rings. The molecule has 0 spiro atoms. The number of ether oxygens (including phenoxy) is 1. The number of benzene rings is 2. The van der Waals surface area contributed by atoms with Gasteiger partial charge in [-0.05, 0) is 55.7 Å². The number of carbonyl (C=O) groups excluding carboxylic acids is 2. The quantitative estimate of drug-likeness (QED) is 0.301. The summed E-state index contributed by atoms with van der Waals surface area (Å²) in [5, 5.41) is 3.94. The zero-order valence-electron chi connectivity index (χ0n) is 24.0. The van der Waals surface area contributed by atoms with E-state index in [4.69, 9.17) is 9.72 Å².